The second-order valence-electron chi connectivity index (χ2n) is 4.42. The molecule has 0 bridgehead atoms. The van der Waals surface area contributed by atoms with Crippen LogP contribution in [0.2, 0.25) is 0 Å². The number of carbonyl (C=O) groups is 1. The summed E-state index contributed by atoms with van der Waals surface area (Å²) in [5.74, 6) is 1.00. The summed E-state index contributed by atoms with van der Waals surface area (Å²) >= 11 is 0. The van der Waals surface area contributed by atoms with E-state index < -0.39 is 0 Å². The van der Waals surface area contributed by atoms with Crippen molar-refractivity contribution >= 4 is 5.91 Å². The highest BCUT2D eigenvalue weighted by Gasteiger charge is 2.25. The standard InChI is InChI=1S/C11H17N3O3/c1-8-3-5-14(6-4-8)11(15)10-12-9(7-16-2)17-13-10/h8H,3-7H2,1-2H3. The van der Waals surface area contributed by atoms with E-state index in [1.807, 2.05) is 0 Å². The number of hydrogen-bond donors (Lipinski definition) is 0. The Bertz CT molecular complexity index is 383. The normalized spacial score (nSPS) is 17.4. The maximum atomic E-state index is 12.0. The van der Waals surface area contributed by atoms with Crippen LogP contribution in [0.1, 0.15) is 36.3 Å². The molecule has 0 radical (unpaired) electrons. The lowest BCUT2D eigenvalue weighted by Gasteiger charge is -2.29. The van der Waals surface area contributed by atoms with E-state index in [2.05, 4.69) is 17.1 Å². The molecule has 94 valence electrons. The van der Waals surface area contributed by atoms with Gasteiger partial charge in [-0.1, -0.05) is 12.1 Å². The third kappa shape index (κ3) is 2.82. The number of ether oxygens (including phenoxy) is 1. The second kappa shape index (κ2) is 5.27. The third-order valence-electron chi connectivity index (χ3n) is 3.00. The predicted octanol–water partition coefficient (Wildman–Crippen LogP) is 1.09. The minimum atomic E-state index is -0.150. The van der Waals surface area contributed by atoms with E-state index in [1.54, 1.807) is 4.90 Å². The summed E-state index contributed by atoms with van der Waals surface area (Å²) in [6, 6.07) is 0. The average Bonchev–Trinajstić information content (AvgIpc) is 2.78. The monoisotopic (exact) mass is 239 g/mol. The number of nitrogens with zero attached hydrogens (tertiary/aromatic N) is 3. The van der Waals surface area contributed by atoms with Crippen molar-refractivity contribution in [1.29, 1.82) is 0 Å². The first-order chi connectivity index (χ1) is 8.20. The molecule has 1 aromatic heterocycles. The van der Waals surface area contributed by atoms with Gasteiger partial charge in [-0.05, 0) is 18.8 Å². The smallest absolute Gasteiger partial charge is 0.295 e. The van der Waals surface area contributed by atoms with Gasteiger partial charge >= 0.3 is 0 Å². The van der Waals surface area contributed by atoms with Crippen LogP contribution in [0.4, 0.5) is 0 Å². The van der Waals surface area contributed by atoms with Crippen molar-refractivity contribution < 1.29 is 14.1 Å². The summed E-state index contributed by atoms with van der Waals surface area (Å²) in [6.07, 6.45) is 2.07. The number of carbonyl (C=O) groups excluding carboxylic acids is 1. The van der Waals surface area contributed by atoms with Gasteiger partial charge in [0, 0.05) is 20.2 Å². The van der Waals surface area contributed by atoms with Gasteiger partial charge in [-0.2, -0.15) is 4.98 Å². The zero-order chi connectivity index (χ0) is 12.3. The van der Waals surface area contributed by atoms with Crippen molar-refractivity contribution in [1.82, 2.24) is 15.0 Å². The first-order valence-corrected chi connectivity index (χ1v) is 5.81. The van der Waals surface area contributed by atoms with E-state index in [4.69, 9.17) is 9.26 Å². The van der Waals surface area contributed by atoms with Gasteiger partial charge in [0.15, 0.2) is 0 Å². The molecule has 0 N–H and O–H groups in total. The van der Waals surface area contributed by atoms with E-state index in [9.17, 15) is 4.79 Å². The Morgan fingerprint density at radius 1 is 1.53 bits per heavy atom. The SMILES string of the molecule is COCc1nc(C(=O)N2CCC(C)CC2)no1. The number of amides is 1. The fourth-order valence-electron chi connectivity index (χ4n) is 1.88. The molecular formula is C11H17N3O3. The second-order valence-corrected chi connectivity index (χ2v) is 4.42. The van der Waals surface area contributed by atoms with Crippen LogP contribution in [0.25, 0.3) is 0 Å². The summed E-state index contributed by atoms with van der Waals surface area (Å²) in [6.45, 7) is 3.98. The molecular weight excluding hydrogens is 222 g/mol. The van der Waals surface area contributed by atoms with Crippen molar-refractivity contribution in [2.45, 2.75) is 26.4 Å². The maximum Gasteiger partial charge on any atom is 0.295 e. The molecule has 2 heterocycles. The van der Waals surface area contributed by atoms with Crippen LogP contribution in [-0.2, 0) is 11.3 Å². The molecule has 0 spiro atoms. The molecule has 6 heteroatoms. The first kappa shape index (κ1) is 12.0. The predicted molar refractivity (Wildman–Crippen MR) is 59.3 cm³/mol. The molecule has 0 unspecified atom stereocenters. The minimum absolute atomic E-state index is 0.131. The van der Waals surface area contributed by atoms with Gasteiger partial charge < -0.3 is 14.2 Å². The Morgan fingerprint density at radius 2 is 2.24 bits per heavy atom. The van der Waals surface area contributed by atoms with E-state index >= 15 is 0 Å². The Balaban J connectivity index is 1.98. The topological polar surface area (TPSA) is 68.5 Å². The molecule has 2 rings (SSSR count). The maximum absolute atomic E-state index is 12.0. The fourth-order valence-corrected chi connectivity index (χ4v) is 1.88. The summed E-state index contributed by atoms with van der Waals surface area (Å²) < 4.78 is 9.76. The summed E-state index contributed by atoms with van der Waals surface area (Å²) in [7, 11) is 1.54. The van der Waals surface area contributed by atoms with Crippen LogP contribution in [0.5, 0.6) is 0 Å². The van der Waals surface area contributed by atoms with Crippen LogP contribution >= 0.6 is 0 Å². The largest absolute Gasteiger partial charge is 0.375 e. The number of methoxy groups -OCH3 is 1. The highest BCUT2D eigenvalue weighted by Crippen LogP contribution is 2.17. The molecule has 1 saturated heterocycles. The van der Waals surface area contributed by atoms with Crippen LogP contribution in [-0.4, -0.2) is 41.1 Å². The van der Waals surface area contributed by atoms with Gasteiger partial charge in [0.25, 0.3) is 17.6 Å². The fraction of sp³-hybridized carbons (Fsp3) is 0.727. The highest BCUT2D eigenvalue weighted by atomic mass is 16.5. The van der Waals surface area contributed by atoms with Gasteiger partial charge in [-0.25, -0.2) is 0 Å². The van der Waals surface area contributed by atoms with Crippen molar-refractivity contribution in [3.05, 3.63) is 11.7 Å². The molecule has 1 aromatic rings. The molecule has 0 saturated carbocycles. The van der Waals surface area contributed by atoms with Crippen molar-refractivity contribution in [2.24, 2.45) is 5.92 Å². The van der Waals surface area contributed by atoms with Gasteiger partial charge in [0.1, 0.15) is 6.61 Å². The quantitative estimate of drug-likeness (QED) is 0.789. The van der Waals surface area contributed by atoms with Crippen LogP contribution in [0, 0.1) is 5.92 Å². The molecule has 1 fully saturated rings. The minimum Gasteiger partial charge on any atom is -0.375 e. The molecule has 0 atom stereocenters. The van der Waals surface area contributed by atoms with Crippen molar-refractivity contribution in [3.8, 4) is 0 Å². The molecule has 6 nitrogen and oxygen atoms in total. The van der Waals surface area contributed by atoms with Gasteiger partial charge in [-0.3, -0.25) is 4.79 Å². The number of likely N-dealkylation sites (tertiary alicyclic amines) is 1. The molecule has 0 aliphatic carbocycles. The Morgan fingerprint density at radius 3 is 2.88 bits per heavy atom. The average molecular weight is 239 g/mol. The lowest BCUT2D eigenvalue weighted by Crippen LogP contribution is -2.38. The zero-order valence-corrected chi connectivity index (χ0v) is 10.2. The van der Waals surface area contributed by atoms with Crippen molar-refractivity contribution in [2.75, 3.05) is 20.2 Å². The number of aromatic nitrogens is 2. The molecule has 0 aromatic carbocycles. The third-order valence-corrected chi connectivity index (χ3v) is 3.00. The van der Waals surface area contributed by atoms with Gasteiger partial charge in [0.2, 0.25) is 0 Å². The van der Waals surface area contributed by atoms with E-state index in [1.165, 1.54) is 7.11 Å². The lowest BCUT2D eigenvalue weighted by molar-refractivity contribution is 0.0681. The van der Waals surface area contributed by atoms with Crippen LogP contribution in [0.15, 0.2) is 4.52 Å². The van der Waals surface area contributed by atoms with E-state index in [0.29, 0.717) is 11.8 Å². The van der Waals surface area contributed by atoms with E-state index in [-0.39, 0.29) is 18.3 Å². The first-order valence-electron chi connectivity index (χ1n) is 5.81. The van der Waals surface area contributed by atoms with Crippen LogP contribution in [0.3, 0.4) is 0 Å². The van der Waals surface area contributed by atoms with Crippen LogP contribution < -0.4 is 0 Å². The van der Waals surface area contributed by atoms with Gasteiger partial charge in [0.05, 0.1) is 0 Å². The molecule has 1 aliphatic heterocycles. The van der Waals surface area contributed by atoms with Gasteiger partial charge in [-0.15, -0.1) is 0 Å². The molecule has 1 aliphatic rings. The lowest BCUT2D eigenvalue weighted by atomic mass is 9.99. The van der Waals surface area contributed by atoms with E-state index in [0.717, 1.165) is 25.9 Å². The number of hydrogen-bond acceptors (Lipinski definition) is 5. The Labute approximate surface area is 99.9 Å². The summed E-state index contributed by atoms with van der Waals surface area (Å²) in [5, 5.41) is 3.67. The zero-order valence-electron chi connectivity index (χ0n) is 10.2. The molecule has 1 amide bonds. The molecule has 17 heavy (non-hydrogen) atoms. The Hall–Kier alpha value is -1.43. The summed E-state index contributed by atoms with van der Waals surface area (Å²) in [4.78, 5) is 17.8. The summed E-state index contributed by atoms with van der Waals surface area (Å²) in [5.41, 5.74) is 0. The Kier molecular flexibility index (Phi) is 3.73. The number of rotatable bonds is 3. The van der Waals surface area contributed by atoms with Crippen molar-refractivity contribution in [3.63, 3.8) is 0 Å². The number of piperidine rings is 1. The highest BCUT2D eigenvalue weighted by molar-refractivity contribution is 5.90.